The fourth-order valence-electron chi connectivity index (χ4n) is 2.19. The van der Waals surface area contributed by atoms with Crippen LogP contribution in [0.15, 0.2) is 18.2 Å². The van der Waals surface area contributed by atoms with Crippen molar-refractivity contribution >= 4 is 5.69 Å². The molecule has 1 aromatic carbocycles. The highest BCUT2D eigenvalue weighted by atomic mass is 16.5. The minimum atomic E-state index is 0.591. The van der Waals surface area contributed by atoms with Crippen molar-refractivity contribution in [3.8, 4) is 5.75 Å². The number of hydrogen-bond acceptors (Lipinski definition) is 3. The monoisotopic (exact) mass is 264 g/mol. The lowest BCUT2D eigenvalue weighted by Gasteiger charge is -2.29. The molecule has 108 valence electrons. The number of benzene rings is 1. The quantitative estimate of drug-likeness (QED) is 0.728. The second kappa shape index (κ2) is 8.05. The molecule has 0 bridgehead atoms. The largest absolute Gasteiger partial charge is 0.496 e. The average Bonchev–Trinajstić information content (AvgIpc) is 2.43. The highest BCUT2D eigenvalue weighted by molar-refractivity contribution is 5.48. The third-order valence-electron chi connectivity index (χ3n) is 3.70. The SMILES string of the molecule is CCCCN(Cc1ccc(N)cc1OC)C(C)CC. The van der Waals surface area contributed by atoms with E-state index in [1.807, 2.05) is 12.1 Å². The molecule has 0 fully saturated rings. The van der Waals surface area contributed by atoms with E-state index in [0.29, 0.717) is 6.04 Å². The van der Waals surface area contributed by atoms with Crippen LogP contribution in [0, 0.1) is 0 Å². The molecule has 0 aliphatic rings. The van der Waals surface area contributed by atoms with Gasteiger partial charge in [-0.2, -0.15) is 0 Å². The van der Waals surface area contributed by atoms with Gasteiger partial charge in [0.05, 0.1) is 7.11 Å². The van der Waals surface area contributed by atoms with E-state index in [9.17, 15) is 0 Å². The minimum Gasteiger partial charge on any atom is -0.496 e. The van der Waals surface area contributed by atoms with Gasteiger partial charge in [0.15, 0.2) is 0 Å². The lowest BCUT2D eigenvalue weighted by atomic mass is 10.1. The molecule has 2 N–H and O–H groups in total. The number of rotatable bonds is 8. The molecular formula is C16H28N2O. The van der Waals surface area contributed by atoms with Crippen LogP contribution in [-0.4, -0.2) is 24.6 Å². The van der Waals surface area contributed by atoms with Gasteiger partial charge in [-0.3, -0.25) is 4.90 Å². The number of hydrogen-bond donors (Lipinski definition) is 1. The molecule has 0 aromatic heterocycles. The first-order chi connectivity index (χ1) is 9.12. The summed E-state index contributed by atoms with van der Waals surface area (Å²) >= 11 is 0. The van der Waals surface area contributed by atoms with Gasteiger partial charge in [-0.15, -0.1) is 0 Å². The molecule has 0 heterocycles. The van der Waals surface area contributed by atoms with Crippen molar-refractivity contribution in [2.45, 2.75) is 52.6 Å². The third-order valence-corrected chi connectivity index (χ3v) is 3.70. The van der Waals surface area contributed by atoms with E-state index in [4.69, 9.17) is 10.5 Å². The maximum Gasteiger partial charge on any atom is 0.125 e. The Hall–Kier alpha value is -1.22. The summed E-state index contributed by atoms with van der Waals surface area (Å²) in [6.07, 6.45) is 3.63. The van der Waals surface area contributed by atoms with Gasteiger partial charge in [-0.05, 0) is 32.4 Å². The van der Waals surface area contributed by atoms with Crippen LogP contribution in [0.3, 0.4) is 0 Å². The van der Waals surface area contributed by atoms with Crippen molar-refractivity contribution in [1.82, 2.24) is 4.90 Å². The Morgan fingerprint density at radius 1 is 1.32 bits per heavy atom. The van der Waals surface area contributed by atoms with Crippen LogP contribution in [0.2, 0.25) is 0 Å². The highest BCUT2D eigenvalue weighted by Crippen LogP contribution is 2.24. The van der Waals surface area contributed by atoms with Gasteiger partial charge < -0.3 is 10.5 Å². The van der Waals surface area contributed by atoms with E-state index >= 15 is 0 Å². The number of ether oxygens (including phenoxy) is 1. The summed E-state index contributed by atoms with van der Waals surface area (Å²) < 4.78 is 5.44. The first kappa shape index (κ1) is 15.8. The first-order valence-corrected chi connectivity index (χ1v) is 7.28. The van der Waals surface area contributed by atoms with Gasteiger partial charge in [0, 0.05) is 29.9 Å². The van der Waals surface area contributed by atoms with Gasteiger partial charge in [-0.1, -0.05) is 26.3 Å². The number of nitrogen functional groups attached to an aromatic ring is 1. The van der Waals surface area contributed by atoms with Gasteiger partial charge in [-0.25, -0.2) is 0 Å². The Morgan fingerprint density at radius 2 is 2.05 bits per heavy atom. The molecule has 1 rings (SSSR count). The number of nitrogens with two attached hydrogens (primary N) is 1. The predicted molar refractivity (Wildman–Crippen MR) is 82.5 cm³/mol. The zero-order valence-corrected chi connectivity index (χ0v) is 12.8. The van der Waals surface area contributed by atoms with Crippen LogP contribution in [-0.2, 0) is 6.54 Å². The van der Waals surface area contributed by atoms with Crippen molar-refractivity contribution in [1.29, 1.82) is 0 Å². The van der Waals surface area contributed by atoms with Gasteiger partial charge in [0.25, 0.3) is 0 Å². The van der Waals surface area contributed by atoms with Crippen LogP contribution in [0.4, 0.5) is 5.69 Å². The molecule has 3 heteroatoms. The molecule has 0 saturated heterocycles. The summed E-state index contributed by atoms with van der Waals surface area (Å²) in [5.41, 5.74) is 7.78. The van der Waals surface area contributed by atoms with E-state index < -0.39 is 0 Å². The van der Waals surface area contributed by atoms with Gasteiger partial charge >= 0.3 is 0 Å². The van der Waals surface area contributed by atoms with Crippen LogP contribution >= 0.6 is 0 Å². The Morgan fingerprint density at radius 3 is 2.63 bits per heavy atom. The number of methoxy groups -OCH3 is 1. The Bertz CT molecular complexity index is 379. The molecule has 3 nitrogen and oxygen atoms in total. The van der Waals surface area contributed by atoms with Gasteiger partial charge in [0.1, 0.15) is 5.75 Å². The van der Waals surface area contributed by atoms with Gasteiger partial charge in [0.2, 0.25) is 0 Å². The summed E-state index contributed by atoms with van der Waals surface area (Å²) in [6, 6.07) is 6.53. The van der Waals surface area contributed by atoms with Crippen molar-refractivity contribution < 1.29 is 4.74 Å². The molecule has 0 aliphatic carbocycles. The number of anilines is 1. The second-order valence-corrected chi connectivity index (χ2v) is 5.15. The van der Waals surface area contributed by atoms with Crippen LogP contribution in [0.1, 0.15) is 45.6 Å². The lowest BCUT2D eigenvalue weighted by Crippen LogP contribution is -2.33. The van der Waals surface area contributed by atoms with E-state index in [0.717, 1.165) is 24.5 Å². The van der Waals surface area contributed by atoms with Crippen LogP contribution < -0.4 is 10.5 Å². The number of nitrogens with zero attached hydrogens (tertiary/aromatic N) is 1. The van der Waals surface area contributed by atoms with E-state index in [1.54, 1.807) is 7.11 Å². The predicted octanol–water partition coefficient (Wildman–Crippen LogP) is 3.68. The Balaban J connectivity index is 2.82. The fourth-order valence-corrected chi connectivity index (χ4v) is 2.19. The maximum atomic E-state index is 5.81. The van der Waals surface area contributed by atoms with Crippen molar-refractivity contribution in [3.63, 3.8) is 0 Å². The van der Waals surface area contributed by atoms with Crippen LogP contribution in [0.25, 0.3) is 0 Å². The Kier molecular flexibility index (Phi) is 6.71. The molecule has 0 saturated carbocycles. The molecular weight excluding hydrogens is 236 g/mol. The molecule has 0 amide bonds. The normalized spacial score (nSPS) is 12.7. The first-order valence-electron chi connectivity index (χ1n) is 7.28. The summed E-state index contributed by atoms with van der Waals surface area (Å²) in [7, 11) is 1.71. The van der Waals surface area contributed by atoms with Crippen LogP contribution in [0.5, 0.6) is 5.75 Å². The minimum absolute atomic E-state index is 0.591. The molecule has 0 radical (unpaired) electrons. The zero-order valence-electron chi connectivity index (χ0n) is 12.8. The Labute approximate surface area is 117 Å². The molecule has 0 aliphatic heterocycles. The summed E-state index contributed by atoms with van der Waals surface area (Å²) in [6.45, 7) is 8.83. The third kappa shape index (κ3) is 4.75. The van der Waals surface area contributed by atoms with E-state index in [1.165, 1.54) is 24.8 Å². The topological polar surface area (TPSA) is 38.5 Å². The lowest BCUT2D eigenvalue weighted by molar-refractivity contribution is 0.190. The van der Waals surface area contributed by atoms with Crippen molar-refractivity contribution in [2.24, 2.45) is 0 Å². The number of unbranched alkanes of at least 4 members (excludes halogenated alkanes) is 1. The summed E-state index contributed by atoms with van der Waals surface area (Å²) in [5.74, 6) is 0.893. The zero-order chi connectivity index (χ0) is 14.3. The smallest absolute Gasteiger partial charge is 0.125 e. The molecule has 19 heavy (non-hydrogen) atoms. The maximum absolute atomic E-state index is 5.81. The van der Waals surface area contributed by atoms with Crippen molar-refractivity contribution in [2.75, 3.05) is 19.4 Å². The standard InChI is InChI=1S/C16H28N2O/c1-5-7-10-18(13(3)6-2)12-14-8-9-15(17)11-16(14)19-4/h8-9,11,13H,5-7,10,12,17H2,1-4H3. The molecule has 1 aromatic rings. The van der Waals surface area contributed by atoms with E-state index in [-0.39, 0.29) is 0 Å². The highest BCUT2D eigenvalue weighted by Gasteiger charge is 2.14. The average molecular weight is 264 g/mol. The second-order valence-electron chi connectivity index (χ2n) is 5.15. The summed E-state index contributed by atoms with van der Waals surface area (Å²) in [5, 5.41) is 0. The van der Waals surface area contributed by atoms with E-state index in [2.05, 4.69) is 31.7 Å². The summed E-state index contributed by atoms with van der Waals surface area (Å²) in [4.78, 5) is 2.53. The molecule has 1 unspecified atom stereocenters. The molecule has 0 spiro atoms. The fraction of sp³-hybridized carbons (Fsp3) is 0.625. The molecule has 1 atom stereocenters. The van der Waals surface area contributed by atoms with Crippen molar-refractivity contribution in [3.05, 3.63) is 23.8 Å².